The van der Waals surface area contributed by atoms with Crippen molar-refractivity contribution in [1.29, 1.82) is 0 Å². The zero-order valence-electron chi connectivity index (χ0n) is 19.9. The first-order valence-electron chi connectivity index (χ1n) is 12.7. The number of rotatable bonds is 6. The summed E-state index contributed by atoms with van der Waals surface area (Å²) in [4.78, 5) is 15.5. The van der Waals surface area contributed by atoms with Gasteiger partial charge in [-0.2, -0.15) is 0 Å². The minimum Gasteiger partial charge on any atom is -0.390 e. The Kier molecular flexibility index (Phi) is 5.85. The van der Waals surface area contributed by atoms with Gasteiger partial charge in [0.2, 0.25) is 5.91 Å². The smallest absolute Gasteiger partial charge is 0.261 e. The Hall–Kier alpha value is -2.16. The molecular formula is C27H30ClFN2O4S. The quantitative estimate of drug-likeness (QED) is 0.569. The highest BCUT2D eigenvalue weighted by Gasteiger charge is 2.57. The van der Waals surface area contributed by atoms with Crippen molar-refractivity contribution in [3.63, 3.8) is 0 Å². The lowest BCUT2D eigenvalue weighted by Gasteiger charge is -2.59. The van der Waals surface area contributed by atoms with Gasteiger partial charge in [0.05, 0.1) is 16.2 Å². The number of carbonyl (C=O) groups excluding carboxylic acids is 1. The molecular weight excluding hydrogens is 503 g/mol. The Morgan fingerprint density at radius 2 is 1.78 bits per heavy atom. The largest absolute Gasteiger partial charge is 0.390 e. The molecule has 0 radical (unpaired) electrons. The van der Waals surface area contributed by atoms with Crippen LogP contribution in [0.3, 0.4) is 0 Å². The van der Waals surface area contributed by atoms with Crippen LogP contribution in [0.15, 0.2) is 47.4 Å². The Morgan fingerprint density at radius 3 is 2.42 bits per heavy atom. The van der Waals surface area contributed by atoms with Crippen LogP contribution in [0.5, 0.6) is 0 Å². The van der Waals surface area contributed by atoms with Crippen molar-refractivity contribution in [2.24, 2.45) is 23.7 Å². The van der Waals surface area contributed by atoms with Gasteiger partial charge < -0.3 is 10.0 Å². The summed E-state index contributed by atoms with van der Waals surface area (Å²) in [6.07, 6.45) is 6.10. The Balaban J connectivity index is 1.13. The highest BCUT2D eigenvalue weighted by atomic mass is 35.5. The van der Waals surface area contributed by atoms with Gasteiger partial charge in [-0.25, -0.2) is 12.8 Å². The predicted octanol–water partition coefficient (Wildman–Crippen LogP) is 4.61. The average Bonchev–Trinajstić information content (AvgIpc) is 3.14. The molecule has 0 spiro atoms. The van der Waals surface area contributed by atoms with E-state index in [0.29, 0.717) is 34.9 Å². The molecule has 1 saturated heterocycles. The second-order valence-corrected chi connectivity index (χ2v) is 13.4. The molecule has 9 heteroatoms. The number of hydrogen-bond acceptors (Lipinski definition) is 4. The molecule has 0 aromatic heterocycles. The van der Waals surface area contributed by atoms with E-state index in [1.165, 1.54) is 12.1 Å². The second-order valence-electron chi connectivity index (χ2n) is 11.3. The molecule has 2 N–H and O–H groups in total. The summed E-state index contributed by atoms with van der Waals surface area (Å²) in [6.45, 7) is 0.747. The van der Waals surface area contributed by atoms with Gasteiger partial charge in [-0.15, -0.1) is 0 Å². The van der Waals surface area contributed by atoms with Crippen LogP contribution in [-0.4, -0.2) is 42.5 Å². The standard InChI is InChI=1S/C27H30ClFN2O4S/c28-24-12-22(30-36(34,35)23-5-2-21(29)3-6-23)4-1-17(24)11-18-7-8-31(26(18)32)25-19-9-16-10-20(25)15-27(33,13-16)14-19/h1-6,12,16,18-20,25,30,33H,7-11,13-15H2. The van der Waals surface area contributed by atoms with Crippen LogP contribution in [0.4, 0.5) is 10.1 Å². The molecule has 7 rings (SSSR count). The SMILES string of the molecule is O=C1C(Cc2ccc(NS(=O)(=O)c3ccc(F)cc3)cc2Cl)CCN1C1C2CC3CC1CC(O)(C3)C2. The monoisotopic (exact) mass is 532 g/mol. The van der Waals surface area contributed by atoms with Crippen LogP contribution in [-0.2, 0) is 21.2 Å². The fourth-order valence-electron chi connectivity index (χ4n) is 7.58. The topological polar surface area (TPSA) is 86.7 Å². The van der Waals surface area contributed by atoms with E-state index in [2.05, 4.69) is 9.62 Å². The number of nitrogens with zero attached hydrogens (tertiary/aromatic N) is 1. The molecule has 1 amide bonds. The number of benzene rings is 2. The summed E-state index contributed by atoms with van der Waals surface area (Å²) in [6, 6.07) is 9.79. The number of halogens is 2. The van der Waals surface area contributed by atoms with Gasteiger partial charge in [-0.3, -0.25) is 9.52 Å². The third kappa shape index (κ3) is 4.31. The Bertz CT molecular complexity index is 1290. The van der Waals surface area contributed by atoms with Crippen molar-refractivity contribution in [1.82, 2.24) is 4.90 Å². The summed E-state index contributed by atoms with van der Waals surface area (Å²) < 4.78 is 40.8. The van der Waals surface area contributed by atoms with Crippen molar-refractivity contribution in [3.8, 4) is 0 Å². The van der Waals surface area contributed by atoms with Gasteiger partial charge in [0, 0.05) is 23.5 Å². The summed E-state index contributed by atoms with van der Waals surface area (Å²) in [5, 5.41) is 11.3. The summed E-state index contributed by atoms with van der Waals surface area (Å²) in [7, 11) is -3.88. The highest BCUT2D eigenvalue weighted by molar-refractivity contribution is 7.92. The number of sulfonamides is 1. The molecule has 5 aliphatic rings. The summed E-state index contributed by atoms with van der Waals surface area (Å²) in [5.41, 5.74) is 0.600. The molecule has 3 unspecified atom stereocenters. The van der Waals surface area contributed by atoms with Gasteiger partial charge >= 0.3 is 0 Å². The molecule has 4 aliphatic carbocycles. The van der Waals surface area contributed by atoms with E-state index in [0.717, 1.165) is 62.8 Å². The molecule has 192 valence electrons. The predicted molar refractivity (Wildman–Crippen MR) is 134 cm³/mol. The number of amides is 1. The lowest BCUT2D eigenvalue weighted by molar-refractivity contribution is -0.168. The minimum atomic E-state index is -3.88. The van der Waals surface area contributed by atoms with E-state index in [1.54, 1.807) is 18.2 Å². The van der Waals surface area contributed by atoms with Crippen LogP contribution in [0.25, 0.3) is 0 Å². The third-order valence-corrected chi connectivity index (χ3v) is 10.5. The molecule has 1 aliphatic heterocycles. The minimum absolute atomic E-state index is 0.0438. The van der Waals surface area contributed by atoms with Crippen molar-refractivity contribution >= 4 is 33.2 Å². The molecule has 2 aromatic carbocycles. The highest BCUT2D eigenvalue weighted by Crippen LogP contribution is 2.57. The van der Waals surface area contributed by atoms with E-state index >= 15 is 0 Å². The van der Waals surface area contributed by atoms with E-state index in [9.17, 15) is 22.7 Å². The maximum absolute atomic E-state index is 13.5. The fraction of sp³-hybridized carbons (Fsp3) is 0.519. The van der Waals surface area contributed by atoms with Crippen molar-refractivity contribution in [2.75, 3.05) is 11.3 Å². The Morgan fingerprint density at radius 1 is 1.08 bits per heavy atom. The van der Waals surface area contributed by atoms with Gasteiger partial charge in [-0.05, 0) is 105 Å². The summed E-state index contributed by atoms with van der Waals surface area (Å²) >= 11 is 6.51. The van der Waals surface area contributed by atoms with Crippen molar-refractivity contribution in [2.45, 2.75) is 61.5 Å². The maximum Gasteiger partial charge on any atom is 0.261 e. The number of hydrogen-bond donors (Lipinski definition) is 2. The number of carbonyl (C=O) groups is 1. The normalized spacial score (nSPS) is 33.4. The van der Waals surface area contributed by atoms with E-state index in [1.807, 2.05) is 0 Å². The zero-order valence-corrected chi connectivity index (χ0v) is 21.4. The molecule has 6 nitrogen and oxygen atoms in total. The van der Waals surface area contributed by atoms with Crippen LogP contribution in [0.1, 0.15) is 44.1 Å². The molecule has 5 fully saturated rings. The first-order valence-corrected chi connectivity index (χ1v) is 14.6. The number of nitrogens with one attached hydrogen (secondary N) is 1. The lowest BCUT2D eigenvalue weighted by atomic mass is 9.52. The zero-order chi connectivity index (χ0) is 25.2. The van der Waals surface area contributed by atoms with Crippen LogP contribution >= 0.6 is 11.6 Å². The number of aliphatic hydroxyl groups is 1. The second kappa shape index (κ2) is 8.71. The maximum atomic E-state index is 13.5. The first kappa shape index (κ1) is 24.2. The molecule has 4 saturated carbocycles. The third-order valence-electron chi connectivity index (χ3n) is 8.80. The summed E-state index contributed by atoms with van der Waals surface area (Å²) in [5.74, 6) is 0.931. The van der Waals surface area contributed by atoms with E-state index in [4.69, 9.17) is 11.6 Å². The lowest BCUT2D eigenvalue weighted by Crippen LogP contribution is -2.62. The Labute approximate surface area is 215 Å². The first-order chi connectivity index (χ1) is 17.1. The van der Waals surface area contributed by atoms with Crippen molar-refractivity contribution < 1.29 is 22.7 Å². The van der Waals surface area contributed by atoms with Crippen LogP contribution in [0, 0.1) is 29.5 Å². The fourth-order valence-corrected chi connectivity index (χ4v) is 8.89. The van der Waals surface area contributed by atoms with Crippen LogP contribution in [0.2, 0.25) is 5.02 Å². The number of anilines is 1. The van der Waals surface area contributed by atoms with Crippen molar-refractivity contribution in [3.05, 3.63) is 58.9 Å². The molecule has 1 heterocycles. The van der Waals surface area contributed by atoms with Gasteiger partial charge in [0.15, 0.2) is 0 Å². The molecule has 3 atom stereocenters. The average molecular weight is 533 g/mol. The van der Waals surface area contributed by atoms with Gasteiger partial charge in [0.1, 0.15) is 5.82 Å². The molecule has 36 heavy (non-hydrogen) atoms. The van der Waals surface area contributed by atoms with Gasteiger partial charge in [-0.1, -0.05) is 17.7 Å². The number of likely N-dealkylation sites (tertiary alicyclic amines) is 1. The molecule has 4 bridgehead atoms. The van der Waals surface area contributed by atoms with Gasteiger partial charge in [0.25, 0.3) is 10.0 Å². The molecule has 2 aromatic rings. The van der Waals surface area contributed by atoms with Crippen LogP contribution < -0.4 is 4.72 Å². The van der Waals surface area contributed by atoms with E-state index in [-0.39, 0.29) is 22.8 Å². The van der Waals surface area contributed by atoms with E-state index < -0.39 is 21.4 Å².